The van der Waals surface area contributed by atoms with Crippen LogP contribution in [0.15, 0.2) is 209 Å². The molecule has 0 fully saturated rings. The van der Waals surface area contributed by atoms with Gasteiger partial charge in [0.2, 0.25) is 0 Å². The number of fused-ring (bicyclic) bond motifs is 6. The Balaban J connectivity index is 1.19. The molecule has 0 radical (unpaired) electrons. The van der Waals surface area contributed by atoms with Crippen molar-refractivity contribution in [3.8, 4) is 34.2 Å². The molecular formula is C51H33N3O2Si. The Morgan fingerprint density at radius 3 is 1.46 bits per heavy atom. The van der Waals surface area contributed by atoms with Crippen LogP contribution in [0.3, 0.4) is 0 Å². The second-order valence-corrected chi connectivity index (χ2v) is 18.1. The van der Waals surface area contributed by atoms with E-state index in [4.69, 9.17) is 23.8 Å². The first kappa shape index (κ1) is 33.0. The zero-order valence-corrected chi connectivity index (χ0v) is 31.7. The van der Waals surface area contributed by atoms with Crippen LogP contribution in [0, 0.1) is 0 Å². The summed E-state index contributed by atoms with van der Waals surface area (Å²) in [4.78, 5) is 15.5. The van der Waals surface area contributed by atoms with E-state index in [0.29, 0.717) is 17.5 Å². The summed E-state index contributed by atoms with van der Waals surface area (Å²) in [7, 11) is -3.08. The van der Waals surface area contributed by atoms with E-state index in [1.54, 1.807) is 0 Å². The van der Waals surface area contributed by atoms with Gasteiger partial charge in [0.05, 0.1) is 5.56 Å². The molecule has 0 aliphatic rings. The van der Waals surface area contributed by atoms with Crippen LogP contribution >= 0.6 is 0 Å². The molecule has 0 saturated heterocycles. The van der Waals surface area contributed by atoms with Gasteiger partial charge in [0.25, 0.3) is 0 Å². The Morgan fingerprint density at radius 1 is 0.333 bits per heavy atom. The largest absolute Gasteiger partial charge is 0.456 e. The van der Waals surface area contributed by atoms with Gasteiger partial charge < -0.3 is 8.83 Å². The van der Waals surface area contributed by atoms with E-state index in [0.717, 1.165) is 60.6 Å². The normalized spacial score (nSPS) is 11.9. The van der Waals surface area contributed by atoms with Gasteiger partial charge in [-0.1, -0.05) is 182 Å². The summed E-state index contributed by atoms with van der Waals surface area (Å²) in [6.45, 7) is 0. The zero-order valence-electron chi connectivity index (χ0n) is 30.7. The number of hydrogen-bond donors (Lipinski definition) is 0. The van der Waals surface area contributed by atoms with Crippen LogP contribution < -0.4 is 20.7 Å². The van der Waals surface area contributed by atoms with Crippen molar-refractivity contribution < 1.29 is 8.83 Å². The van der Waals surface area contributed by atoms with Crippen molar-refractivity contribution in [1.82, 2.24) is 15.0 Å². The summed E-state index contributed by atoms with van der Waals surface area (Å²) < 4.78 is 13.3. The topological polar surface area (TPSA) is 65.0 Å². The predicted octanol–water partition coefficient (Wildman–Crippen LogP) is 10.0. The van der Waals surface area contributed by atoms with Crippen molar-refractivity contribution in [2.45, 2.75) is 0 Å². The van der Waals surface area contributed by atoms with Crippen LogP contribution in [0.2, 0.25) is 0 Å². The molecule has 11 rings (SSSR count). The third kappa shape index (κ3) is 5.34. The van der Waals surface area contributed by atoms with Gasteiger partial charge in [0, 0.05) is 32.7 Å². The van der Waals surface area contributed by atoms with E-state index in [1.807, 2.05) is 66.7 Å². The molecule has 11 aromatic rings. The first-order valence-corrected chi connectivity index (χ1v) is 21.1. The molecule has 8 aromatic carbocycles. The minimum atomic E-state index is -3.08. The highest BCUT2D eigenvalue weighted by Gasteiger charge is 2.44. The van der Waals surface area contributed by atoms with Crippen molar-refractivity contribution in [2.24, 2.45) is 0 Å². The summed E-state index contributed by atoms with van der Waals surface area (Å²) >= 11 is 0. The fourth-order valence-corrected chi connectivity index (χ4v) is 13.5. The Kier molecular flexibility index (Phi) is 7.76. The standard InChI is InChI=1S/C51H33N3O2Si/c1-4-17-34(18-5-1)49-52-50(54-51(53-49)43-29-15-27-41-39-25-10-12-30-44(39)55-47(41)43)35-19-14-24-38(33-35)57(36-20-6-2-7-21-36,37-22-8-3-9-23-37)46-32-16-28-42-40-26-11-13-31-45(40)56-48(42)46/h1-33H. The van der Waals surface area contributed by atoms with Gasteiger partial charge in [-0.3, -0.25) is 0 Å². The fourth-order valence-electron chi connectivity index (χ4n) is 8.54. The lowest BCUT2D eigenvalue weighted by atomic mass is 10.1. The van der Waals surface area contributed by atoms with Gasteiger partial charge in [-0.2, -0.15) is 0 Å². The molecule has 0 atom stereocenters. The molecule has 0 amide bonds. The van der Waals surface area contributed by atoms with E-state index in [1.165, 1.54) is 20.7 Å². The minimum Gasteiger partial charge on any atom is -0.456 e. The van der Waals surface area contributed by atoms with Gasteiger partial charge in [-0.15, -0.1) is 0 Å². The second-order valence-electron chi connectivity index (χ2n) is 14.3. The number of aromatic nitrogens is 3. The number of para-hydroxylation sites is 4. The summed E-state index contributed by atoms with van der Waals surface area (Å²) in [5, 5.41) is 9.17. The summed E-state index contributed by atoms with van der Waals surface area (Å²) in [5.41, 5.74) is 5.99. The molecule has 0 aliphatic carbocycles. The molecule has 0 aliphatic heterocycles. The molecule has 0 bridgehead atoms. The van der Waals surface area contributed by atoms with Crippen molar-refractivity contribution in [3.63, 3.8) is 0 Å². The van der Waals surface area contributed by atoms with Gasteiger partial charge in [0.15, 0.2) is 25.5 Å². The Labute approximate surface area is 329 Å². The molecule has 268 valence electrons. The average molecular weight is 748 g/mol. The highest BCUT2D eigenvalue weighted by Crippen LogP contribution is 2.36. The highest BCUT2D eigenvalue weighted by atomic mass is 28.3. The number of furan rings is 2. The van der Waals surface area contributed by atoms with Crippen LogP contribution in [-0.2, 0) is 0 Å². The molecule has 57 heavy (non-hydrogen) atoms. The lowest BCUT2D eigenvalue weighted by Crippen LogP contribution is -2.74. The van der Waals surface area contributed by atoms with Crippen molar-refractivity contribution in [3.05, 3.63) is 200 Å². The van der Waals surface area contributed by atoms with Crippen LogP contribution in [0.25, 0.3) is 78.0 Å². The smallest absolute Gasteiger partial charge is 0.184 e. The van der Waals surface area contributed by atoms with Gasteiger partial charge in [0.1, 0.15) is 22.3 Å². The Hall–Kier alpha value is -7.41. The maximum atomic E-state index is 6.85. The van der Waals surface area contributed by atoms with E-state index in [9.17, 15) is 0 Å². The molecule has 5 nitrogen and oxygen atoms in total. The highest BCUT2D eigenvalue weighted by molar-refractivity contribution is 7.20. The molecule has 0 spiro atoms. The summed E-state index contributed by atoms with van der Waals surface area (Å²) in [6, 6.07) is 70.0. The monoisotopic (exact) mass is 747 g/mol. The number of nitrogens with zero attached hydrogens (tertiary/aromatic N) is 3. The molecule has 6 heteroatoms. The van der Waals surface area contributed by atoms with Crippen molar-refractivity contribution in [2.75, 3.05) is 0 Å². The van der Waals surface area contributed by atoms with Gasteiger partial charge in [-0.25, -0.2) is 15.0 Å². The number of rotatable bonds is 7. The third-order valence-electron chi connectivity index (χ3n) is 11.1. The number of hydrogen-bond acceptors (Lipinski definition) is 5. The number of benzene rings is 8. The molecule has 0 N–H and O–H groups in total. The molecule has 0 saturated carbocycles. The molecule has 3 heterocycles. The lowest BCUT2D eigenvalue weighted by Gasteiger charge is -2.34. The maximum Gasteiger partial charge on any atom is 0.184 e. The van der Waals surface area contributed by atoms with Crippen LogP contribution in [0.5, 0.6) is 0 Å². The van der Waals surface area contributed by atoms with E-state index in [-0.39, 0.29) is 0 Å². The zero-order chi connectivity index (χ0) is 37.8. The van der Waals surface area contributed by atoms with Gasteiger partial charge in [-0.05, 0) is 38.9 Å². The predicted molar refractivity (Wildman–Crippen MR) is 234 cm³/mol. The molecule has 3 aromatic heterocycles. The maximum absolute atomic E-state index is 6.85. The van der Waals surface area contributed by atoms with Crippen molar-refractivity contribution >= 4 is 72.7 Å². The van der Waals surface area contributed by atoms with E-state index < -0.39 is 8.07 Å². The van der Waals surface area contributed by atoms with Crippen molar-refractivity contribution in [1.29, 1.82) is 0 Å². The third-order valence-corrected chi connectivity index (χ3v) is 15.9. The summed E-state index contributed by atoms with van der Waals surface area (Å²) in [5.74, 6) is 1.73. The average Bonchev–Trinajstić information content (AvgIpc) is 3.87. The first-order chi connectivity index (χ1) is 28.3. The molecular weight excluding hydrogens is 715 g/mol. The van der Waals surface area contributed by atoms with E-state index >= 15 is 0 Å². The minimum absolute atomic E-state index is 0.551. The van der Waals surface area contributed by atoms with Crippen LogP contribution in [-0.4, -0.2) is 23.0 Å². The van der Waals surface area contributed by atoms with Gasteiger partial charge >= 0.3 is 0 Å². The van der Waals surface area contributed by atoms with Crippen LogP contribution in [0.1, 0.15) is 0 Å². The van der Waals surface area contributed by atoms with E-state index in [2.05, 4.69) is 133 Å². The Morgan fingerprint density at radius 2 is 0.789 bits per heavy atom. The molecule has 0 unspecified atom stereocenters. The SMILES string of the molecule is c1ccc(-c2nc(-c3cccc([Si](c4ccccc4)(c4ccccc4)c4cccc5c4oc4ccccc45)c3)nc(-c3cccc4c3oc3ccccc34)n2)cc1. The first-order valence-electron chi connectivity index (χ1n) is 19.1. The lowest BCUT2D eigenvalue weighted by molar-refractivity contribution is 0.669. The quantitative estimate of drug-likeness (QED) is 0.120. The fraction of sp³-hybridized carbons (Fsp3) is 0. The van der Waals surface area contributed by atoms with Crippen LogP contribution in [0.4, 0.5) is 0 Å². The summed E-state index contributed by atoms with van der Waals surface area (Å²) in [6.07, 6.45) is 0. The Bertz CT molecular complexity index is 3210. The second kappa shape index (κ2) is 13.4.